The van der Waals surface area contributed by atoms with Crippen molar-refractivity contribution in [2.45, 2.75) is 58.0 Å². The van der Waals surface area contributed by atoms with Crippen molar-refractivity contribution in [1.82, 2.24) is 0 Å². The fraction of sp³-hybridized carbons (Fsp3) is 0.220. The van der Waals surface area contributed by atoms with Crippen LogP contribution in [0.4, 0.5) is 0 Å². The minimum atomic E-state index is -1.22. The molecule has 0 aliphatic heterocycles. The van der Waals surface area contributed by atoms with E-state index in [1.165, 1.54) is 39.1 Å². The van der Waals surface area contributed by atoms with Gasteiger partial charge in [-0.05, 0) is 52.7 Å². The van der Waals surface area contributed by atoms with E-state index >= 15 is 0 Å². The Labute approximate surface area is 262 Å². The maximum Gasteiger partial charge on any atom is 0.108 e. The smallest absolute Gasteiger partial charge is 0.108 e. The average Bonchev–Trinajstić information content (AvgIpc) is 3.02. The summed E-state index contributed by atoms with van der Waals surface area (Å²) >= 11 is 0. The molecule has 0 radical (unpaired) electrons. The largest absolute Gasteiger partial charge is 0.195 e. The van der Waals surface area contributed by atoms with Gasteiger partial charge in [0.25, 0.3) is 0 Å². The Bertz CT molecular complexity index is 1350. The van der Waals surface area contributed by atoms with E-state index in [-0.39, 0.29) is 0 Å². The van der Waals surface area contributed by atoms with Crippen LogP contribution in [-0.2, 0) is 6.16 Å². The lowest BCUT2D eigenvalue weighted by atomic mass is 9.13. The Morgan fingerprint density at radius 3 is 1.05 bits per heavy atom. The molecule has 0 aromatic heterocycles. The molecule has 0 spiro atoms. The second kappa shape index (κ2) is 14.2. The molecular weight excluding hydrogens is 534 g/mol. The van der Waals surface area contributed by atoms with E-state index in [2.05, 4.69) is 194 Å². The Morgan fingerprint density at radius 2 is 0.791 bits per heavy atom. The van der Waals surface area contributed by atoms with Gasteiger partial charge in [0.1, 0.15) is 6.15 Å². The van der Waals surface area contributed by atoms with Gasteiger partial charge in [-0.25, -0.2) is 0 Å². The summed E-state index contributed by atoms with van der Waals surface area (Å²) in [6, 6.07) is 52.4. The number of benzene rings is 5. The van der Waals surface area contributed by atoms with Crippen LogP contribution < -0.4 is 21.9 Å². The van der Waals surface area contributed by atoms with Crippen molar-refractivity contribution >= 4 is 42.0 Å². The molecule has 0 aliphatic rings. The Kier molecular flexibility index (Phi) is 10.7. The van der Waals surface area contributed by atoms with Crippen molar-refractivity contribution in [3.8, 4) is 0 Å². The molecule has 0 amide bonds. The highest BCUT2D eigenvalue weighted by Gasteiger charge is 2.41. The van der Waals surface area contributed by atoms with Crippen molar-refractivity contribution in [3.63, 3.8) is 0 Å². The monoisotopic (exact) mass is 582 g/mol. The molecule has 0 heterocycles. The highest BCUT2D eigenvalue weighted by atomic mass is 31.1. The van der Waals surface area contributed by atoms with Crippen LogP contribution in [0.15, 0.2) is 152 Å². The van der Waals surface area contributed by atoms with Crippen LogP contribution in [0.1, 0.15) is 52.7 Å². The summed E-state index contributed by atoms with van der Waals surface area (Å²) in [6.45, 7) is 18.2. The van der Waals surface area contributed by atoms with E-state index in [0.29, 0.717) is 10.3 Å². The molecule has 0 N–H and O–H groups in total. The predicted molar refractivity (Wildman–Crippen MR) is 198 cm³/mol. The average molecular weight is 583 g/mol. The fourth-order valence-electron chi connectivity index (χ4n) is 6.75. The fourth-order valence-corrected chi connectivity index (χ4v) is 10.7. The quantitative estimate of drug-likeness (QED) is 0.133. The van der Waals surface area contributed by atoms with E-state index in [9.17, 15) is 0 Å². The zero-order chi connectivity index (χ0) is 30.9. The lowest BCUT2D eigenvalue weighted by Gasteiger charge is -2.44. The second-order valence-electron chi connectivity index (χ2n) is 13.6. The van der Waals surface area contributed by atoms with Gasteiger partial charge in [0.2, 0.25) is 0 Å². The summed E-state index contributed by atoms with van der Waals surface area (Å²) in [7, 11) is -0.473. The van der Waals surface area contributed by atoms with Crippen LogP contribution in [0.5, 0.6) is 0 Å². The van der Waals surface area contributed by atoms with Crippen molar-refractivity contribution in [1.29, 1.82) is 0 Å². The predicted octanol–water partition coefficient (Wildman–Crippen LogP) is 8.70. The van der Waals surface area contributed by atoms with E-state index in [1.807, 2.05) is 6.08 Å². The van der Waals surface area contributed by atoms with E-state index in [1.54, 1.807) is 0 Å². The highest BCUT2D eigenvalue weighted by molar-refractivity contribution is 7.60. The first-order chi connectivity index (χ1) is 20.6. The summed E-state index contributed by atoms with van der Waals surface area (Å²) in [5.41, 5.74) is 8.03. The first-order valence-electron chi connectivity index (χ1n) is 15.5. The summed E-state index contributed by atoms with van der Waals surface area (Å²) < 4.78 is 0. The van der Waals surface area contributed by atoms with Gasteiger partial charge in [0.15, 0.2) is 0 Å². The number of rotatable bonds is 7. The third-order valence-corrected chi connectivity index (χ3v) is 13.0. The second-order valence-corrected chi connectivity index (χ2v) is 17.9. The van der Waals surface area contributed by atoms with Gasteiger partial charge in [0.05, 0.1) is 16.5 Å². The van der Waals surface area contributed by atoms with E-state index < -0.39 is 14.1 Å². The topological polar surface area (TPSA) is 0 Å². The molecule has 5 aromatic carbocycles. The molecule has 0 atom stereocenters. The first kappa shape index (κ1) is 32.3. The Hall–Kier alpha value is -3.67. The van der Waals surface area contributed by atoms with Crippen LogP contribution in [0.3, 0.4) is 0 Å². The van der Waals surface area contributed by atoms with Gasteiger partial charge < -0.3 is 0 Å². The highest BCUT2D eigenvalue weighted by Crippen LogP contribution is 2.61. The SMILES string of the molecule is C=Cc1ccc(C[PH+](C(C)(C)C)C(C)(C)C)cc1.c1ccc([B-](c2ccccc2)(c2ccccc2)c2ccccc2)cc1. The maximum atomic E-state index is 3.81. The number of hydrogen-bond donors (Lipinski definition) is 0. The van der Waals surface area contributed by atoms with Gasteiger partial charge in [-0.3, -0.25) is 0 Å². The zero-order valence-electron chi connectivity index (χ0n) is 26.9. The van der Waals surface area contributed by atoms with Crippen molar-refractivity contribution < 1.29 is 0 Å². The molecule has 0 saturated carbocycles. The molecule has 0 unspecified atom stereocenters. The molecule has 0 bridgehead atoms. The minimum Gasteiger partial charge on any atom is -0.195 e. The lowest BCUT2D eigenvalue weighted by Crippen LogP contribution is -2.74. The Morgan fingerprint density at radius 1 is 0.488 bits per heavy atom. The number of hydrogen-bond acceptors (Lipinski definition) is 0. The van der Waals surface area contributed by atoms with Gasteiger partial charge >= 0.3 is 0 Å². The summed E-state index contributed by atoms with van der Waals surface area (Å²) in [6.07, 6.45) is 1.94. The van der Waals surface area contributed by atoms with Crippen LogP contribution >= 0.6 is 7.92 Å². The van der Waals surface area contributed by atoms with Crippen LogP contribution in [0, 0.1) is 0 Å². The van der Waals surface area contributed by atoms with Crippen LogP contribution in [0.25, 0.3) is 6.08 Å². The normalized spacial score (nSPS) is 11.9. The molecule has 5 aromatic rings. The third kappa shape index (κ3) is 7.84. The summed E-state index contributed by atoms with van der Waals surface area (Å²) in [4.78, 5) is 0. The molecule has 220 valence electrons. The molecule has 0 aliphatic carbocycles. The van der Waals surface area contributed by atoms with Crippen molar-refractivity contribution in [2.24, 2.45) is 0 Å². The van der Waals surface area contributed by atoms with Gasteiger partial charge in [0, 0.05) is 7.92 Å². The minimum absolute atomic E-state index is 0.431. The third-order valence-electron chi connectivity index (χ3n) is 8.61. The van der Waals surface area contributed by atoms with E-state index in [4.69, 9.17) is 0 Å². The molecule has 2 heteroatoms. The van der Waals surface area contributed by atoms with Crippen LogP contribution in [0.2, 0.25) is 0 Å². The summed E-state index contributed by atoms with van der Waals surface area (Å²) in [5, 5.41) is 0.861. The zero-order valence-corrected chi connectivity index (χ0v) is 27.9. The maximum absolute atomic E-state index is 3.81. The molecule has 5 rings (SSSR count). The molecular formula is C41H48BP. The molecule has 0 nitrogen and oxygen atoms in total. The van der Waals surface area contributed by atoms with Crippen LogP contribution in [-0.4, -0.2) is 16.5 Å². The molecule has 0 saturated heterocycles. The van der Waals surface area contributed by atoms with Gasteiger partial charge in [-0.15, -0.1) is 0 Å². The van der Waals surface area contributed by atoms with Gasteiger partial charge in [-0.2, -0.15) is 21.9 Å². The van der Waals surface area contributed by atoms with Crippen molar-refractivity contribution in [3.05, 3.63) is 163 Å². The van der Waals surface area contributed by atoms with E-state index in [0.717, 1.165) is 0 Å². The summed E-state index contributed by atoms with van der Waals surface area (Å²) in [5.74, 6) is 0. The molecule has 43 heavy (non-hydrogen) atoms. The van der Waals surface area contributed by atoms with Gasteiger partial charge in [-0.1, -0.05) is 158 Å². The molecule has 0 fully saturated rings. The van der Waals surface area contributed by atoms with Crippen molar-refractivity contribution in [2.75, 3.05) is 0 Å². The lowest BCUT2D eigenvalue weighted by molar-refractivity contribution is 0.702. The first-order valence-corrected chi connectivity index (χ1v) is 17.2. The standard InChI is InChI=1S/C24H20B.C17H27P/c1-5-13-21(14-6-1)25(22-15-7-2-8-16-22,23-17-9-3-10-18-23)24-19-11-4-12-20-24;1-8-14-9-11-15(12-10-14)13-18(16(2,3)4)17(5,6)7/h1-20H;8-12H,1,13H2,2-7H3/q-1;/p+1. The Balaban J connectivity index is 0.000000209.